The number of carbonyl (C=O) groups is 1. The summed E-state index contributed by atoms with van der Waals surface area (Å²) in [6.45, 7) is 1.65. The third-order valence-electron chi connectivity index (χ3n) is 3.99. The molecule has 0 spiro atoms. The molecular weight excluding hydrogens is 397 g/mol. The summed E-state index contributed by atoms with van der Waals surface area (Å²) < 4.78 is 19.4. The molecule has 2 aromatic carbocycles. The minimum atomic E-state index is -1.02. The van der Waals surface area contributed by atoms with E-state index in [1.54, 1.807) is 44.3 Å². The highest BCUT2D eigenvalue weighted by Gasteiger charge is 2.19. The smallest absolute Gasteiger partial charge is 0.347 e. The first-order valence-electron chi connectivity index (χ1n) is 8.43. The largest absolute Gasteiger partial charge is 0.477 e. The van der Waals surface area contributed by atoms with Crippen LogP contribution in [0.25, 0.3) is 22.0 Å². The van der Waals surface area contributed by atoms with Crippen molar-refractivity contribution < 1.29 is 19.0 Å². The Bertz CT molecular complexity index is 1220. The van der Waals surface area contributed by atoms with Gasteiger partial charge in [0, 0.05) is 11.6 Å². The fraction of sp³-hybridized carbons (Fsp3) is 0.105. The van der Waals surface area contributed by atoms with Gasteiger partial charge < -0.3 is 9.84 Å². The number of halogens is 1. The van der Waals surface area contributed by atoms with E-state index in [0.717, 1.165) is 11.3 Å². The molecule has 8 nitrogen and oxygen atoms in total. The molecule has 0 amide bonds. The number of aryl methyl sites for hydroxylation is 2. The Morgan fingerprint density at radius 1 is 1.24 bits per heavy atom. The summed E-state index contributed by atoms with van der Waals surface area (Å²) in [5.41, 5.74) is 1.64. The van der Waals surface area contributed by atoms with Crippen LogP contribution < -0.4 is 4.74 Å². The third kappa shape index (κ3) is 3.83. The molecule has 0 aliphatic heterocycles. The van der Waals surface area contributed by atoms with Gasteiger partial charge in [-0.1, -0.05) is 6.07 Å². The molecule has 0 unspecified atom stereocenters. The molecule has 2 heterocycles. The molecule has 2 aromatic heterocycles. The highest BCUT2D eigenvalue weighted by atomic mass is 32.1. The predicted octanol–water partition coefficient (Wildman–Crippen LogP) is 3.94. The molecule has 10 heteroatoms. The van der Waals surface area contributed by atoms with Crippen LogP contribution in [0.5, 0.6) is 11.5 Å². The molecule has 4 aromatic rings. The lowest BCUT2D eigenvalue weighted by Gasteiger charge is -2.10. The summed E-state index contributed by atoms with van der Waals surface area (Å²) in [5, 5.41) is 21.9. The zero-order chi connectivity index (χ0) is 20.5. The number of carboxylic acids is 1. The van der Waals surface area contributed by atoms with Gasteiger partial charge in [-0.05, 0) is 42.5 Å². The first-order chi connectivity index (χ1) is 13.9. The van der Waals surface area contributed by atoms with Crippen LogP contribution in [-0.2, 0) is 7.05 Å². The second kappa shape index (κ2) is 7.40. The van der Waals surface area contributed by atoms with E-state index < -0.39 is 11.8 Å². The van der Waals surface area contributed by atoms with Gasteiger partial charge in [-0.2, -0.15) is 4.80 Å². The Labute approximate surface area is 168 Å². The average Bonchev–Trinajstić information content (AvgIpc) is 3.28. The number of benzene rings is 2. The van der Waals surface area contributed by atoms with E-state index in [1.165, 1.54) is 16.9 Å². The number of rotatable bonds is 5. The topological polar surface area (TPSA) is 103 Å². The lowest BCUT2D eigenvalue weighted by molar-refractivity contribution is 0.0701. The van der Waals surface area contributed by atoms with E-state index in [1.807, 2.05) is 0 Å². The van der Waals surface area contributed by atoms with Gasteiger partial charge >= 0.3 is 5.97 Å². The number of aromatic nitrogens is 5. The van der Waals surface area contributed by atoms with Crippen molar-refractivity contribution in [1.82, 2.24) is 25.2 Å². The lowest BCUT2D eigenvalue weighted by Crippen LogP contribution is -1.94. The number of hydrogen-bond donors (Lipinski definition) is 1. The van der Waals surface area contributed by atoms with E-state index in [0.29, 0.717) is 39.2 Å². The van der Waals surface area contributed by atoms with Gasteiger partial charge in [-0.15, -0.1) is 21.5 Å². The van der Waals surface area contributed by atoms with Crippen molar-refractivity contribution in [3.63, 3.8) is 0 Å². The van der Waals surface area contributed by atoms with Crippen molar-refractivity contribution in [2.45, 2.75) is 6.92 Å². The van der Waals surface area contributed by atoms with Gasteiger partial charge in [0.1, 0.15) is 27.2 Å². The van der Waals surface area contributed by atoms with Crippen molar-refractivity contribution in [2.75, 3.05) is 0 Å². The fourth-order valence-corrected chi connectivity index (χ4v) is 3.60. The summed E-state index contributed by atoms with van der Waals surface area (Å²) in [4.78, 5) is 17.2. The summed E-state index contributed by atoms with van der Waals surface area (Å²) in [7, 11) is 1.64. The first kappa shape index (κ1) is 18.7. The average molecular weight is 411 g/mol. The Kier molecular flexibility index (Phi) is 4.77. The van der Waals surface area contributed by atoms with Crippen LogP contribution >= 0.6 is 11.3 Å². The maximum absolute atomic E-state index is 13.5. The second-order valence-electron chi connectivity index (χ2n) is 6.11. The van der Waals surface area contributed by atoms with Gasteiger partial charge in [0.05, 0.1) is 18.3 Å². The van der Waals surface area contributed by atoms with Gasteiger partial charge in [-0.25, -0.2) is 14.2 Å². The minimum Gasteiger partial charge on any atom is -0.477 e. The Morgan fingerprint density at radius 3 is 2.72 bits per heavy atom. The van der Waals surface area contributed by atoms with Crippen LogP contribution in [-0.4, -0.2) is 36.3 Å². The SMILES string of the molecule is Cc1nc(-c2ccc(Oc3cccc(F)c3)c(-c3nnn(C)n3)c2)sc1C(=O)O. The molecule has 0 bridgehead atoms. The molecular formula is C19H14FN5O3S. The molecule has 4 rings (SSSR count). The molecule has 0 aliphatic carbocycles. The van der Waals surface area contributed by atoms with Gasteiger partial charge in [-0.3, -0.25) is 0 Å². The number of aromatic carboxylic acids is 1. The highest BCUT2D eigenvalue weighted by molar-refractivity contribution is 7.17. The standard InChI is InChI=1S/C19H14FN5O3S/c1-10-16(19(26)27)29-18(21-10)11-6-7-15(28-13-5-3-4-12(20)9-13)14(8-11)17-22-24-25(2)23-17/h3-9H,1-2H3,(H,26,27). The van der Waals surface area contributed by atoms with Gasteiger partial charge in [0.25, 0.3) is 0 Å². The number of carboxylic acid groups (broad SMARTS) is 1. The lowest BCUT2D eigenvalue weighted by atomic mass is 10.1. The number of hydrogen-bond acceptors (Lipinski definition) is 7. The van der Waals surface area contributed by atoms with Gasteiger partial charge in [0.2, 0.25) is 5.82 Å². The molecule has 0 radical (unpaired) electrons. The van der Waals surface area contributed by atoms with E-state index in [-0.39, 0.29) is 4.88 Å². The number of ether oxygens (including phenoxy) is 1. The van der Waals surface area contributed by atoms with Crippen LogP contribution in [0.1, 0.15) is 15.4 Å². The van der Waals surface area contributed by atoms with E-state index in [4.69, 9.17) is 4.74 Å². The Balaban J connectivity index is 1.80. The summed E-state index contributed by atoms with van der Waals surface area (Å²) in [5.74, 6) is -0.404. The number of thiazole rings is 1. The van der Waals surface area contributed by atoms with Crippen molar-refractivity contribution >= 4 is 17.3 Å². The fourth-order valence-electron chi connectivity index (χ4n) is 2.69. The molecule has 0 atom stereocenters. The molecule has 0 saturated carbocycles. The molecule has 0 saturated heterocycles. The van der Waals surface area contributed by atoms with E-state index in [2.05, 4.69) is 20.4 Å². The predicted molar refractivity (Wildman–Crippen MR) is 104 cm³/mol. The monoisotopic (exact) mass is 411 g/mol. The maximum Gasteiger partial charge on any atom is 0.347 e. The number of nitrogens with zero attached hydrogens (tertiary/aromatic N) is 5. The highest BCUT2D eigenvalue weighted by Crippen LogP contribution is 2.37. The second-order valence-corrected chi connectivity index (χ2v) is 7.11. The van der Waals surface area contributed by atoms with E-state index in [9.17, 15) is 14.3 Å². The summed E-state index contributed by atoms with van der Waals surface area (Å²) in [6.07, 6.45) is 0. The zero-order valence-electron chi connectivity index (χ0n) is 15.3. The van der Waals surface area contributed by atoms with Crippen LogP contribution in [0.2, 0.25) is 0 Å². The summed E-state index contributed by atoms with van der Waals surface area (Å²) in [6, 6.07) is 11.0. The molecule has 29 heavy (non-hydrogen) atoms. The third-order valence-corrected chi connectivity index (χ3v) is 5.18. The molecule has 0 fully saturated rings. The van der Waals surface area contributed by atoms with Crippen molar-refractivity contribution in [1.29, 1.82) is 0 Å². The van der Waals surface area contributed by atoms with Crippen molar-refractivity contribution in [3.05, 3.63) is 58.9 Å². The normalized spacial score (nSPS) is 10.9. The molecule has 146 valence electrons. The summed E-state index contributed by atoms with van der Waals surface area (Å²) >= 11 is 1.08. The van der Waals surface area contributed by atoms with Crippen LogP contribution in [0.3, 0.4) is 0 Å². The minimum absolute atomic E-state index is 0.180. The Morgan fingerprint density at radius 2 is 2.07 bits per heavy atom. The molecule has 1 N–H and O–H groups in total. The molecule has 0 aliphatic rings. The first-order valence-corrected chi connectivity index (χ1v) is 9.25. The Hall–Kier alpha value is -3.66. The maximum atomic E-state index is 13.5. The quantitative estimate of drug-likeness (QED) is 0.530. The van der Waals surface area contributed by atoms with Crippen LogP contribution in [0.15, 0.2) is 42.5 Å². The van der Waals surface area contributed by atoms with Crippen LogP contribution in [0.4, 0.5) is 4.39 Å². The number of tetrazole rings is 1. The zero-order valence-corrected chi connectivity index (χ0v) is 16.1. The van der Waals surface area contributed by atoms with Crippen LogP contribution in [0, 0.1) is 12.7 Å². The van der Waals surface area contributed by atoms with E-state index >= 15 is 0 Å². The van der Waals surface area contributed by atoms with Gasteiger partial charge in [0.15, 0.2) is 0 Å². The van der Waals surface area contributed by atoms with Crippen molar-refractivity contribution in [2.24, 2.45) is 7.05 Å². The van der Waals surface area contributed by atoms with Crippen molar-refractivity contribution in [3.8, 4) is 33.5 Å².